The zero-order valence-corrected chi connectivity index (χ0v) is 10.2. The van der Waals surface area contributed by atoms with Gasteiger partial charge in [-0.25, -0.2) is 4.98 Å². The van der Waals surface area contributed by atoms with Crippen LogP contribution in [-0.4, -0.2) is 43.1 Å². The summed E-state index contributed by atoms with van der Waals surface area (Å²) in [7, 11) is 3.07. The fourth-order valence-electron chi connectivity index (χ4n) is 1.37. The molecule has 1 aromatic heterocycles. The average molecular weight is 239 g/mol. The van der Waals surface area contributed by atoms with E-state index in [4.69, 9.17) is 10.5 Å². The van der Waals surface area contributed by atoms with E-state index in [0.29, 0.717) is 23.9 Å². The minimum Gasteiger partial charge on any atom is -0.479 e. The molecule has 0 saturated carbocycles. The molecule has 1 rings (SSSR count). The van der Waals surface area contributed by atoms with E-state index < -0.39 is 0 Å². The molecule has 0 spiro atoms. The van der Waals surface area contributed by atoms with Gasteiger partial charge in [-0.2, -0.15) is 4.98 Å². The number of likely N-dealkylation sites (N-methyl/N-ethyl adjacent to an activating group) is 2. The fraction of sp³-hybridized carbons (Fsp3) is 0.500. The molecule has 94 valence electrons. The van der Waals surface area contributed by atoms with Crippen LogP contribution in [0.5, 0.6) is 5.88 Å². The van der Waals surface area contributed by atoms with E-state index in [1.165, 1.54) is 13.4 Å². The molecule has 0 aliphatic carbocycles. The number of hydrogen-bond acceptors (Lipinski definition) is 6. The topological polar surface area (TPSA) is 93.4 Å². The van der Waals surface area contributed by atoms with Crippen LogP contribution in [0.2, 0.25) is 0 Å². The quantitative estimate of drug-likeness (QED) is 0.729. The number of hydrogen-bond donors (Lipinski definition) is 2. The zero-order chi connectivity index (χ0) is 12.8. The van der Waals surface area contributed by atoms with Crippen LogP contribution in [0.25, 0.3) is 0 Å². The predicted octanol–water partition coefficient (Wildman–Crippen LogP) is -0.360. The fourth-order valence-corrected chi connectivity index (χ4v) is 1.37. The van der Waals surface area contributed by atoms with Gasteiger partial charge >= 0.3 is 0 Å². The Morgan fingerprint density at radius 2 is 2.29 bits per heavy atom. The van der Waals surface area contributed by atoms with Gasteiger partial charge in [0.2, 0.25) is 11.8 Å². The smallest absolute Gasteiger partial charge is 0.242 e. The number of carbonyl (C=O) groups is 1. The van der Waals surface area contributed by atoms with Crippen molar-refractivity contribution in [3.63, 3.8) is 0 Å². The Kier molecular flexibility index (Phi) is 4.50. The average Bonchev–Trinajstić information content (AvgIpc) is 2.36. The molecule has 1 aromatic rings. The highest BCUT2D eigenvalue weighted by molar-refractivity contribution is 5.82. The maximum Gasteiger partial charge on any atom is 0.242 e. The molecule has 0 saturated heterocycles. The van der Waals surface area contributed by atoms with Crippen LogP contribution in [0.4, 0.5) is 11.5 Å². The van der Waals surface area contributed by atoms with E-state index in [2.05, 4.69) is 15.3 Å². The Labute approximate surface area is 100.0 Å². The lowest BCUT2D eigenvalue weighted by Crippen LogP contribution is -2.36. The number of nitrogens with two attached hydrogens (primary N) is 1. The van der Waals surface area contributed by atoms with E-state index in [0.717, 1.165) is 0 Å². The number of amides is 1. The van der Waals surface area contributed by atoms with Gasteiger partial charge in [0.25, 0.3) is 0 Å². The lowest BCUT2D eigenvalue weighted by Gasteiger charge is -2.22. The van der Waals surface area contributed by atoms with Crippen molar-refractivity contribution in [3.8, 4) is 5.88 Å². The molecular weight excluding hydrogens is 222 g/mol. The summed E-state index contributed by atoms with van der Waals surface area (Å²) in [6.07, 6.45) is 1.36. The van der Waals surface area contributed by atoms with Gasteiger partial charge in [-0.05, 0) is 6.92 Å². The van der Waals surface area contributed by atoms with Crippen molar-refractivity contribution < 1.29 is 9.53 Å². The van der Waals surface area contributed by atoms with Gasteiger partial charge in [0.1, 0.15) is 12.0 Å². The first-order valence-electron chi connectivity index (χ1n) is 5.24. The molecule has 7 nitrogen and oxygen atoms in total. The summed E-state index contributed by atoms with van der Waals surface area (Å²) in [5.74, 6) is 0.706. The van der Waals surface area contributed by atoms with Crippen molar-refractivity contribution >= 4 is 17.4 Å². The number of aromatic nitrogens is 2. The summed E-state index contributed by atoms with van der Waals surface area (Å²) in [5, 5.41) is 2.55. The van der Waals surface area contributed by atoms with Crippen LogP contribution in [0.15, 0.2) is 6.33 Å². The number of nitrogens with zero attached hydrogens (tertiary/aromatic N) is 3. The van der Waals surface area contributed by atoms with Crippen LogP contribution in [0.3, 0.4) is 0 Å². The highest BCUT2D eigenvalue weighted by Gasteiger charge is 2.16. The lowest BCUT2D eigenvalue weighted by molar-refractivity contribution is -0.119. The zero-order valence-electron chi connectivity index (χ0n) is 10.2. The van der Waals surface area contributed by atoms with Crippen molar-refractivity contribution in [3.05, 3.63) is 6.33 Å². The van der Waals surface area contributed by atoms with E-state index in [-0.39, 0.29) is 12.5 Å². The van der Waals surface area contributed by atoms with Gasteiger partial charge in [-0.3, -0.25) is 4.79 Å². The molecular formula is C10H17N5O2. The van der Waals surface area contributed by atoms with Crippen LogP contribution in [0.1, 0.15) is 6.92 Å². The SMILES string of the molecule is CCN(CC(=O)NC)c1ncnc(OC)c1N. The monoisotopic (exact) mass is 239 g/mol. The van der Waals surface area contributed by atoms with Crippen molar-refractivity contribution in [1.82, 2.24) is 15.3 Å². The third kappa shape index (κ3) is 2.96. The molecule has 0 atom stereocenters. The van der Waals surface area contributed by atoms with E-state index in [9.17, 15) is 4.79 Å². The first-order chi connectivity index (χ1) is 8.13. The number of rotatable bonds is 5. The van der Waals surface area contributed by atoms with Crippen molar-refractivity contribution in [2.75, 3.05) is 37.9 Å². The first kappa shape index (κ1) is 13.0. The largest absolute Gasteiger partial charge is 0.479 e. The minimum atomic E-state index is -0.108. The Hall–Kier alpha value is -2.05. The van der Waals surface area contributed by atoms with Crippen molar-refractivity contribution in [2.24, 2.45) is 0 Å². The Balaban J connectivity index is 2.99. The number of carbonyl (C=O) groups excluding carboxylic acids is 1. The maximum absolute atomic E-state index is 11.4. The molecule has 0 bridgehead atoms. The van der Waals surface area contributed by atoms with Gasteiger partial charge in [0.05, 0.1) is 13.7 Å². The summed E-state index contributed by atoms with van der Waals surface area (Å²) in [6.45, 7) is 2.71. The van der Waals surface area contributed by atoms with Crippen LogP contribution >= 0.6 is 0 Å². The second-order valence-corrected chi connectivity index (χ2v) is 3.31. The van der Waals surface area contributed by atoms with Crippen LogP contribution < -0.4 is 20.7 Å². The molecule has 0 fully saturated rings. The summed E-state index contributed by atoms with van der Waals surface area (Å²) in [4.78, 5) is 21.1. The Bertz CT molecular complexity index is 396. The number of nitrogens with one attached hydrogen (secondary N) is 1. The molecule has 7 heteroatoms. The molecule has 0 aliphatic heterocycles. The van der Waals surface area contributed by atoms with Gasteiger partial charge in [0, 0.05) is 13.6 Å². The second kappa shape index (κ2) is 5.88. The van der Waals surface area contributed by atoms with E-state index in [1.807, 2.05) is 6.92 Å². The highest BCUT2D eigenvalue weighted by Crippen LogP contribution is 2.26. The summed E-state index contributed by atoms with van der Waals surface area (Å²) < 4.78 is 5.01. The third-order valence-corrected chi connectivity index (χ3v) is 2.31. The maximum atomic E-state index is 11.4. The molecule has 17 heavy (non-hydrogen) atoms. The Morgan fingerprint density at radius 3 is 2.82 bits per heavy atom. The lowest BCUT2D eigenvalue weighted by atomic mass is 10.4. The van der Waals surface area contributed by atoms with Crippen LogP contribution in [-0.2, 0) is 4.79 Å². The third-order valence-electron chi connectivity index (χ3n) is 2.31. The number of ether oxygens (including phenoxy) is 1. The molecule has 1 heterocycles. The first-order valence-corrected chi connectivity index (χ1v) is 5.24. The van der Waals surface area contributed by atoms with E-state index >= 15 is 0 Å². The minimum absolute atomic E-state index is 0.108. The Morgan fingerprint density at radius 1 is 1.59 bits per heavy atom. The number of anilines is 2. The molecule has 0 aromatic carbocycles. The molecule has 0 radical (unpaired) electrons. The standard InChI is InChI=1S/C10H17N5O2/c1-4-15(5-7(16)12-2)9-8(11)10(17-3)14-6-13-9/h6H,4-5,11H2,1-3H3,(H,12,16). The summed E-state index contributed by atoms with van der Waals surface area (Å²) in [5.41, 5.74) is 6.20. The highest BCUT2D eigenvalue weighted by atomic mass is 16.5. The van der Waals surface area contributed by atoms with Crippen molar-refractivity contribution in [1.29, 1.82) is 0 Å². The van der Waals surface area contributed by atoms with Gasteiger partial charge in [-0.1, -0.05) is 0 Å². The number of nitrogen functional groups attached to an aromatic ring is 1. The summed E-state index contributed by atoms with van der Waals surface area (Å²) in [6, 6.07) is 0. The van der Waals surface area contributed by atoms with Gasteiger partial charge in [0.15, 0.2) is 5.82 Å². The molecule has 1 amide bonds. The van der Waals surface area contributed by atoms with Gasteiger partial charge < -0.3 is 20.7 Å². The van der Waals surface area contributed by atoms with Gasteiger partial charge in [-0.15, -0.1) is 0 Å². The predicted molar refractivity (Wildman–Crippen MR) is 65.0 cm³/mol. The normalized spacial score (nSPS) is 9.82. The second-order valence-electron chi connectivity index (χ2n) is 3.31. The molecule has 0 unspecified atom stereocenters. The molecule has 3 N–H and O–H groups in total. The van der Waals surface area contributed by atoms with Crippen molar-refractivity contribution in [2.45, 2.75) is 6.92 Å². The van der Waals surface area contributed by atoms with Crippen LogP contribution in [0, 0.1) is 0 Å². The molecule has 0 aliphatic rings. The number of methoxy groups -OCH3 is 1. The van der Waals surface area contributed by atoms with E-state index in [1.54, 1.807) is 11.9 Å². The summed E-state index contributed by atoms with van der Waals surface area (Å²) >= 11 is 0.